The molecule has 0 saturated carbocycles. The molecule has 66 valence electrons. The number of carboxylic acids is 1. The van der Waals surface area contributed by atoms with E-state index in [0.29, 0.717) is 13.0 Å². The largest absolute Gasteiger partial charge is 0.480 e. The zero-order valence-electron chi connectivity index (χ0n) is 6.36. The summed E-state index contributed by atoms with van der Waals surface area (Å²) in [7, 11) is 0. The van der Waals surface area contributed by atoms with Crippen molar-refractivity contribution in [3.63, 3.8) is 0 Å². The highest BCUT2D eigenvalue weighted by atomic mass is 16.5. The number of H-pyrrole nitrogens is 1. The molecule has 0 saturated heterocycles. The molecule has 6 heteroatoms. The standard InChI is InChI=1S/C6H9N3O3/c10-6(11)4-12-2-1-5-3-7-9-8-5/h3H,1-2,4H2,(H,10,11)(H,7,8,9). The molecule has 12 heavy (non-hydrogen) atoms. The lowest BCUT2D eigenvalue weighted by molar-refractivity contribution is -0.142. The average Bonchev–Trinajstić information content (AvgIpc) is 2.49. The number of nitrogens with one attached hydrogen (secondary N) is 1. The Morgan fingerprint density at radius 1 is 1.75 bits per heavy atom. The first-order chi connectivity index (χ1) is 5.79. The van der Waals surface area contributed by atoms with Crippen molar-refractivity contribution in [1.29, 1.82) is 0 Å². The minimum absolute atomic E-state index is 0.266. The van der Waals surface area contributed by atoms with Crippen LogP contribution in [0.25, 0.3) is 0 Å². The summed E-state index contributed by atoms with van der Waals surface area (Å²) in [5, 5.41) is 18.0. The number of nitrogens with zero attached hydrogens (tertiary/aromatic N) is 2. The van der Waals surface area contributed by atoms with Gasteiger partial charge in [0, 0.05) is 6.42 Å². The molecule has 0 spiro atoms. The fourth-order valence-electron chi connectivity index (χ4n) is 0.682. The molecule has 6 nitrogen and oxygen atoms in total. The number of ether oxygens (including phenoxy) is 1. The van der Waals surface area contributed by atoms with E-state index in [4.69, 9.17) is 9.84 Å². The van der Waals surface area contributed by atoms with Crippen molar-refractivity contribution in [2.75, 3.05) is 13.2 Å². The summed E-state index contributed by atoms with van der Waals surface area (Å²) in [4.78, 5) is 10.0. The van der Waals surface area contributed by atoms with E-state index in [1.54, 1.807) is 6.20 Å². The summed E-state index contributed by atoms with van der Waals surface area (Å²) in [5.41, 5.74) is 0.764. The van der Waals surface area contributed by atoms with Crippen LogP contribution >= 0.6 is 0 Å². The first-order valence-corrected chi connectivity index (χ1v) is 3.43. The number of rotatable bonds is 5. The highest BCUT2D eigenvalue weighted by molar-refractivity contribution is 5.67. The molecule has 2 N–H and O–H groups in total. The van der Waals surface area contributed by atoms with Crippen LogP contribution in [0.5, 0.6) is 0 Å². The lowest BCUT2D eigenvalue weighted by Gasteiger charge is -1.96. The Labute approximate surface area is 68.5 Å². The molecule has 1 aromatic heterocycles. The van der Waals surface area contributed by atoms with Crippen LogP contribution in [0.1, 0.15) is 5.69 Å². The summed E-state index contributed by atoms with van der Waals surface area (Å²) in [6, 6.07) is 0. The molecular formula is C6H9N3O3. The van der Waals surface area contributed by atoms with Gasteiger partial charge >= 0.3 is 5.97 Å². The summed E-state index contributed by atoms with van der Waals surface area (Å²) in [6.45, 7) is 0.0800. The summed E-state index contributed by atoms with van der Waals surface area (Å²) in [6.07, 6.45) is 2.15. The third-order valence-electron chi connectivity index (χ3n) is 1.19. The quantitative estimate of drug-likeness (QED) is 0.580. The van der Waals surface area contributed by atoms with Gasteiger partial charge in [-0.05, 0) is 0 Å². The summed E-state index contributed by atoms with van der Waals surface area (Å²) < 4.78 is 4.79. The summed E-state index contributed by atoms with van der Waals surface area (Å²) >= 11 is 0. The Balaban J connectivity index is 2.07. The molecule has 0 aliphatic rings. The first-order valence-electron chi connectivity index (χ1n) is 3.43. The van der Waals surface area contributed by atoms with Gasteiger partial charge in [-0.2, -0.15) is 15.4 Å². The third-order valence-corrected chi connectivity index (χ3v) is 1.19. The maximum atomic E-state index is 10.0. The minimum Gasteiger partial charge on any atom is -0.480 e. The van der Waals surface area contributed by atoms with E-state index in [-0.39, 0.29) is 6.61 Å². The lowest BCUT2D eigenvalue weighted by atomic mass is 10.3. The fourth-order valence-corrected chi connectivity index (χ4v) is 0.682. The molecule has 1 rings (SSSR count). The second kappa shape index (κ2) is 4.45. The first kappa shape index (κ1) is 8.66. The zero-order chi connectivity index (χ0) is 8.81. The molecular weight excluding hydrogens is 162 g/mol. The van der Waals surface area contributed by atoms with Gasteiger partial charge < -0.3 is 9.84 Å². The lowest BCUT2D eigenvalue weighted by Crippen LogP contribution is -2.09. The number of carboxylic acid groups (broad SMARTS) is 1. The van der Waals surface area contributed by atoms with E-state index >= 15 is 0 Å². The number of aliphatic carboxylic acids is 1. The van der Waals surface area contributed by atoms with Crippen molar-refractivity contribution in [3.8, 4) is 0 Å². The fraction of sp³-hybridized carbons (Fsp3) is 0.500. The van der Waals surface area contributed by atoms with E-state index in [0.717, 1.165) is 5.69 Å². The third kappa shape index (κ3) is 3.11. The van der Waals surface area contributed by atoms with Crippen molar-refractivity contribution in [2.24, 2.45) is 0 Å². The second-order valence-corrected chi connectivity index (χ2v) is 2.16. The molecule has 0 fully saturated rings. The average molecular weight is 171 g/mol. The highest BCUT2D eigenvalue weighted by Crippen LogP contribution is 1.90. The maximum Gasteiger partial charge on any atom is 0.329 e. The van der Waals surface area contributed by atoms with Gasteiger partial charge in [0.2, 0.25) is 0 Å². The molecule has 0 atom stereocenters. The van der Waals surface area contributed by atoms with Crippen LogP contribution in [0.15, 0.2) is 6.20 Å². The highest BCUT2D eigenvalue weighted by Gasteiger charge is 1.98. The van der Waals surface area contributed by atoms with Gasteiger partial charge in [0.05, 0.1) is 18.5 Å². The van der Waals surface area contributed by atoms with Gasteiger partial charge in [-0.3, -0.25) is 0 Å². The molecule has 0 aromatic carbocycles. The van der Waals surface area contributed by atoms with Gasteiger partial charge in [0.1, 0.15) is 6.61 Å². The van der Waals surface area contributed by atoms with E-state index in [2.05, 4.69) is 15.4 Å². The Bertz CT molecular complexity index is 234. The number of carbonyl (C=O) groups is 1. The van der Waals surface area contributed by atoms with Crippen LogP contribution in [0.3, 0.4) is 0 Å². The maximum absolute atomic E-state index is 10.0. The number of hydrogen-bond acceptors (Lipinski definition) is 4. The van der Waals surface area contributed by atoms with Crippen molar-refractivity contribution < 1.29 is 14.6 Å². The monoisotopic (exact) mass is 171 g/mol. The van der Waals surface area contributed by atoms with Gasteiger partial charge in [0.15, 0.2) is 0 Å². The SMILES string of the molecule is O=C(O)COCCc1cn[nH]n1. The molecule has 0 aliphatic carbocycles. The number of aromatic amines is 1. The van der Waals surface area contributed by atoms with E-state index in [1.165, 1.54) is 0 Å². The van der Waals surface area contributed by atoms with Crippen molar-refractivity contribution in [1.82, 2.24) is 15.4 Å². The van der Waals surface area contributed by atoms with Gasteiger partial charge in [-0.15, -0.1) is 0 Å². The normalized spacial score (nSPS) is 10.0. The Kier molecular flexibility index (Phi) is 3.21. The van der Waals surface area contributed by atoms with E-state index in [1.807, 2.05) is 0 Å². The molecule has 0 radical (unpaired) electrons. The summed E-state index contributed by atoms with van der Waals surface area (Å²) in [5.74, 6) is -0.963. The zero-order valence-corrected chi connectivity index (χ0v) is 6.36. The molecule has 1 aromatic rings. The second-order valence-electron chi connectivity index (χ2n) is 2.16. The van der Waals surface area contributed by atoms with Crippen LogP contribution in [0.2, 0.25) is 0 Å². The van der Waals surface area contributed by atoms with Gasteiger partial charge in [-0.25, -0.2) is 4.79 Å². The topological polar surface area (TPSA) is 88.1 Å². The van der Waals surface area contributed by atoms with Crippen LogP contribution in [-0.2, 0) is 16.0 Å². The van der Waals surface area contributed by atoms with Crippen LogP contribution in [0.4, 0.5) is 0 Å². The van der Waals surface area contributed by atoms with Crippen molar-refractivity contribution in [3.05, 3.63) is 11.9 Å². The van der Waals surface area contributed by atoms with Gasteiger partial charge in [0.25, 0.3) is 0 Å². The predicted molar refractivity (Wildman–Crippen MR) is 38.5 cm³/mol. The van der Waals surface area contributed by atoms with Crippen LogP contribution < -0.4 is 0 Å². The molecule has 1 heterocycles. The van der Waals surface area contributed by atoms with Crippen molar-refractivity contribution >= 4 is 5.97 Å². The smallest absolute Gasteiger partial charge is 0.329 e. The number of aromatic nitrogens is 3. The molecule has 0 amide bonds. The Morgan fingerprint density at radius 3 is 3.17 bits per heavy atom. The minimum atomic E-state index is -0.963. The Morgan fingerprint density at radius 2 is 2.58 bits per heavy atom. The molecule has 0 bridgehead atoms. The number of hydrogen-bond donors (Lipinski definition) is 2. The Hall–Kier alpha value is -1.43. The van der Waals surface area contributed by atoms with Gasteiger partial charge in [-0.1, -0.05) is 0 Å². The van der Waals surface area contributed by atoms with Crippen LogP contribution in [0, 0.1) is 0 Å². The molecule has 0 unspecified atom stereocenters. The van der Waals surface area contributed by atoms with E-state index in [9.17, 15) is 4.79 Å². The van der Waals surface area contributed by atoms with Crippen LogP contribution in [-0.4, -0.2) is 39.7 Å². The predicted octanol–water partition coefficient (Wildman–Crippen LogP) is -0.552. The van der Waals surface area contributed by atoms with E-state index < -0.39 is 5.97 Å². The van der Waals surface area contributed by atoms with Crippen molar-refractivity contribution in [2.45, 2.75) is 6.42 Å². The molecule has 0 aliphatic heterocycles.